The summed E-state index contributed by atoms with van der Waals surface area (Å²) in [5, 5.41) is 15.3. The fourth-order valence-corrected chi connectivity index (χ4v) is 3.55. The molecule has 0 aromatic heterocycles. The molecule has 0 fully saturated rings. The molecule has 1 aromatic rings. The highest BCUT2D eigenvalue weighted by molar-refractivity contribution is 5.92. The number of hydrogen-bond donors (Lipinski definition) is 3. The third kappa shape index (κ3) is 9.72. The Morgan fingerprint density at radius 3 is 2.12 bits per heavy atom. The molecule has 0 bridgehead atoms. The number of benzene rings is 1. The third-order valence-electron chi connectivity index (χ3n) is 5.00. The molecule has 0 spiro atoms. The van der Waals surface area contributed by atoms with Crippen molar-refractivity contribution in [3.63, 3.8) is 0 Å². The summed E-state index contributed by atoms with van der Waals surface area (Å²) in [6.07, 6.45) is 1.42. The molecule has 186 valence electrons. The minimum atomic E-state index is -0.924. The molecule has 3 atom stereocenters. The molecule has 0 heterocycles. The molecule has 8 nitrogen and oxygen atoms in total. The Hall–Kier alpha value is -2.77. The van der Waals surface area contributed by atoms with Gasteiger partial charge in [0.2, 0.25) is 11.8 Å². The van der Waals surface area contributed by atoms with E-state index in [9.17, 15) is 19.5 Å². The molecule has 3 amide bonds. The molecule has 0 radical (unpaired) electrons. The number of hydrogen-bond acceptors (Lipinski definition) is 5. The molecule has 1 aromatic carbocycles. The molecular weight excluding hydrogens is 422 g/mol. The van der Waals surface area contributed by atoms with E-state index in [1.165, 1.54) is 17.0 Å². The number of alkyl carbamates (subject to hydrolysis) is 1. The lowest BCUT2D eigenvalue weighted by Crippen LogP contribution is -2.52. The predicted octanol–water partition coefficient (Wildman–Crippen LogP) is 4.14. The second-order valence-corrected chi connectivity index (χ2v) is 9.97. The lowest BCUT2D eigenvalue weighted by atomic mass is 9.99. The Morgan fingerprint density at radius 1 is 1.06 bits per heavy atom. The van der Waals surface area contributed by atoms with Gasteiger partial charge in [0.25, 0.3) is 0 Å². The van der Waals surface area contributed by atoms with Gasteiger partial charge in [-0.3, -0.25) is 9.59 Å². The molecule has 0 aliphatic heterocycles. The third-order valence-corrected chi connectivity index (χ3v) is 5.00. The van der Waals surface area contributed by atoms with E-state index in [0.29, 0.717) is 12.0 Å². The van der Waals surface area contributed by atoms with Crippen molar-refractivity contribution < 1.29 is 24.2 Å². The second kappa shape index (κ2) is 12.5. The van der Waals surface area contributed by atoms with E-state index in [1.807, 2.05) is 27.7 Å². The first kappa shape index (κ1) is 28.3. The van der Waals surface area contributed by atoms with Crippen LogP contribution in [0.25, 0.3) is 0 Å². The highest BCUT2D eigenvalue weighted by Gasteiger charge is 2.34. The van der Waals surface area contributed by atoms with Gasteiger partial charge in [0.05, 0.1) is 0 Å². The van der Waals surface area contributed by atoms with Gasteiger partial charge < -0.3 is 25.4 Å². The summed E-state index contributed by atoms with van der Waals surface area (Å²) in [7, 11) is 1.55. The van der Waals surface area contributed by atoms with E-state index in [4.69, 9.17) is 4.74 Å². The van der Waals surface area contributed by atoms with Crippen molar-refractivity contribution in [3.8, 4) is 5.75 Å². The summed E-state index contributed by atoms with van der Waals surface area (Å²) in [5.41, 5.74) is -0.143. The van der Waals surface area contributed by atoms with Crippen LogP contribution in [0, 0.1) is 5.92 Å². The Bertz CT molecular complexity index is 786. The van der Waals surface area contributed by atoms with Gasteiger partial charge >= 0.3 is 6.09 Å². The van der Waals surface area contributed by atoms with Crippen LogP contribution >= 0.6 is 0 Å². The number of aromatic hydroxyl groups is 1. The first-order chi connectivity index (χ1) is 15.2. The van der Waals surface area contributed by atoms with Gasteiger partial charge in [-0.1, -0.05) is 39.3 Å². The highest BCUT2D eigenvalue weighted by atomic mass is 16.6. The Balaban J connectivity index is 3.22. The number of nitrogens with one attached hydrogen (secondary N) is 2. The number of rotatable bonds is 10. The first-order valence-electron chi connectivity index (χ1n) is 11.6. The molecule has 1 rings (SSSR count). The molecule has 0 saturated carbocycles. The van der Waals surface area contributed by atoms with Crippen LogP contribution in [0.15, 0.2) is 24.3 Å². The quantitative estimate of drug-likeness (QED) is 0.483. The van der Waals surface area contributed by atoms with Gasteiger partial charge in [0.1, 0.15) is 23.4 Å². The van der Waals surface area contributed by atoms with E-state index >= 15 is 0 Å². The molecule has 0 aliphatic rings. The number of likely N-dealkylation sites (N-methyl/N-ethyl adjacent to an activating group) is 1. The van der Waals surface area contributed by atoms with Crippen LogP contribution in [0.2, 0.25) is 0 Å². The largest absolute Gasteiger partial charge is 0.508 e. The maximum absolute atomic E-state index is 13.5. The second-order valence-electron chi connectivity index (χ2n) is 9.97. The Kier molecular flexibility index (Phi) is 10.7. The maximum atomic E-state index is 13.5. The zero-order chi connectivity index (χ0) is 25.3. The number of carbonyl (C=O) groups excluding carboxylic acids is 3. The lowest BCUT2D eigenvalue weighted by molar-refractivity contribution is -0.141. The van der Waals surface area contributed by atoms with Gasteiger partial charge in [-0.25, -0.2) is 4.79 Å². The average molecular weight is 464 g/mol. The van der Waals surface area contributed by atoms with E-state index < -0.39 is 29.7 Å². The van der Waals surface area contributed by atoms with Crippen LogP contribution in [0.5, 0.6) is 5.75 Å². The van der Waals surface area contributed by atoms with Crippen LogP contribution in [-0.2, 0) is 14.3 Å². The first-order valence-corrected chi connectivity index (χ1v) is 11.6. The molecule has 8 heteroatoms. The van der Waals surface area contributed by atoms with E-state index in [1.54, 1.807) is 40.0 Å². The highest BCUT2D eigenvalue weighted by Crippen LogP contribution is 2.24. The number of nitrogens with zero attached hydrogens (tertiary/aromatic N) is 1. The number of carbonyl (C=O) groups is 3. The number of ether oxygens (including phenoxy) is 1. The average Bonchev–Trinajstić information content (AvgIpc) is 2.66. The van der Waals surface area contributed by atoms with E-state index in [-0.39, 0.29) is 23.6 Å². The van der Waals surface area contributed by atoms with Crippen LogP contribution < -0.4 is 10.6 Å². The van der Waals surface area contributed by atoms with Gasteiger partial charge in [-0.05, 0) is 64.2 Å². The van der Waals surface area contributed by atoms with Crippen molar-refractivity contribution in [2.75, 3.05) is 7.05 Å². The van der Waals surface area contributed by atoms with Crippen molar-refractivity contribution >= 4 is 17.9 Å². The number of phenolic OH excluding ortho intramolecular Hbond substituents is 1. The van der Waals surface area contributed by atoms with Crippen molar-refractivity contribution in [1.29, 1.82) is 0 Å². The van der Waals surface area contributed by atoms with Crippen molar-refractivity contribution in [3.05, 3.63) is 29.8 Å². The number of phenols is 1. The van der Waals surface area contributed by atoms with Crippen LogP contribution in [0.3, 0.4) is 0 Å². The van der Waals surface area contributed by atoms with Crippen molar-refractivity contribution in [1.82, 2.24) is 15.5 Å². The van der Waals surface area contributed by atoms with Crippen molar-refractivity contribution in [2.24, 2.45) is 5.92 Å². The zero-order valence-corrected chi connectivity index (χ0v) is 21.3. The normalized spacial score (nSPS) is 14.2. The predicted molar refractivity (Wildman–Crippen MR) is 129 cm³/mol. The molecule has 3 unspecified atom stereocenters. The summed E-state index contributed by atoms with van der Waals surface area (Å²) < 4.78 is 5.34. The minimum Gasteiger partial charge on any atom is -0.508 e. The van der Waals surface area contributed by atoms with Gasteiger partial charge in [0, 0.05) is 13.1 Å². The fraction of sp³-hybridized carbons (Fsp3) is 0.640. The fourth-order valence-electron chi connectivity index (χ4n) is 3.55. The molecule has 33 heavy (non-hydrogen) atoms. The monoisotopic (exact) mass is 463 g/mol. The summed E-state index contributed by atoms with van der Waals surface area (Å²) in [4.78, 5) is 40.5. The number of amides is 3. The smallest absolute Gasteiger partial charge is 0.408 e. The van der Waals surface area contributed by atoms with Gasteiger partial charge in [0.15, 0.2) is 0 Å². The summed E-state index contributed by atoms with van der Waals surface area (Å²) in [6.45, 7) is 13.1. The minimum absolute atomic E-state index is 0.0584. The summed E-state index contributed by atoms with van der Waals surface area (Å²) in [5.74, 6) is -0.535. The zero-order valence-electron chi connectivity index (χ0n) is 21.3. The van der Waals surface area contributed by atoms with Crippen molar-refractivity contribution in [2.45, 2.75) is 91.5 Å². The van der Waals surface area contributed by atoms with E-state index in [0.717, 1.165) is 12.8 Å². The van der Waals surface area contributed by atoms with Gasteiger partial charge in [-0.2, -0.15) is 0 Å². The van der Waals surface area contributed by atoms with Crippen LogP contribution in [-0.4, -0.2) is 52.6 Å². The van der Waals surface area contributed by atoms with Gasteiger partial charge in [-0.15, -0.1) is 0 Å². The van der Waals surface area contributed by atoms with E-state index in [2.05, 4.69) is 10.6 Å². The maximum Gasteiger partial charge on any atom is 0.408 e. The topological polar surface area (TPSA) is 108 Å². The Morgan fingerprint density at radius 2 is 1.64 bits per heavy atom. The Labute approximate surface area is 198 Å². The molecule has 3 N–H and O–H groups in total. The molecule has 0 saturated heterocycles. The standard InChI is InChI=1S/C25H41N3O5/c1-9-10-17(4)26-22(30)21(18-11-13-19(29)14-12-18)28(8)23(31)20(15-16(2)3)27-24(32)33-25(5,6)7/h11-14,16-17,20-21,29H,9-10,15H2,1-8H3,(H,26,30)(H,27,32). The lowest BCUT2D eigenvalue weighted by Gasteiger charge is -2.32. The molecular formula is C25H41N3O5. The van der Waals surface area contributed by atoms with Crippen LogP contribution in [0.1, 0.15) is 79.3 Å². The van der Waals surface area contributed by atoms with Crippen LogP contribution in [0.4, 0.5) is 4.79 Å². The SMILES string of the molecule is CCCC(C)NC(=O)C(c1ccc(O)cc1)N(C)C(=O)C(CC(C)C)NC(=O)OC(C)(C)C. The summed E-state index contributed by atoms with van der Waals surface area (Å²) in [6, 6.07) is 4.36. The summed E-state index contributed by atoms with van der Waals surface area (Å²) >= 11 is 0. The molecule has 0 aliphatic carbocycles.